The van der Waals surface area contributed by atoms with Crippen LogP contribution in [-0.4, -0.2) is 62.4 Å². The van der Waals surface area contributed by atoms with E-state index in [0.29, 0.717) is 38.6 Å². The molecular formula is C12H24O6. The normalized spacial score (nSPS) is 9.33. The Morgan fingerprint density at radius 3 is 1.72 bits per heavy atom. The van der Waals surface area contributed by atoms with Crippen molar-refractivity contribution < 1.29 is 29.2 Å². The molecule has 0 heterocycles. The Morgan fingerprint density at radius 1 is 1.06 bits per heavy atom. The summed E-state index contributed by atoms with van der Waals surface area (Å²) in [5, 5.41) is 16.5. The SMILES string of the molecule is C=C(C)C(=O)OCC.OCCOCCOCCO. The van der Waals surface area contributed by atoms with Gasteiger partial charge in [-0.3, -0.25) is 0 Å². The molecule has 0 rings (SSSR count). The van der Waals surface area contributed by atoms with Crippen molar-refractivity contribution in [3.8, 4) is 0 Å². The summed E-state index contributed by atoms with van der Waals surface area (Å²) in [6.07, 6.45) is 0. The molecule has 0 fully saturated rings. The van der Waals surface area contributed by atoms with E-state index >= 15 is 0 Å². The van der Waals surface area contributed by atoms with Crippen molar-refractivity contribution in [1.29, 1.82) is 0 Å². The van der Waals surface area contributed by atoms with Gasteiger partial charge < -0.3 is 24.4 Å². The van der Waals surface area contributed by atoms with E-state index in [2.05, 4.69) is 11.3 Å². The highest BCUT2D eigenvalue weighted by Crippen LogP contribution is 1.89. The minimum absolute atomic E-state index is 0.0417. The van der Waals surface area contributed by atoms with Gasteiger partial charge in [-0.2, -0.15) is 0 Å². The second kappa shape index (κ2) is 16.1. The van der Waals surface area contributed by atoms with Crippen LogP contribution >= 0.6 is 0 Å². The molecule has 0 aliphatic heterocycles. The molecule has 108 valence electrons. The fourth-order valence-corrected chi connectivity index (χ4v) is 0.705. The van der Waals surface area contributed by atoms with Crippen LogP contribution in [0, 0.1) is 0 Å². The zero-order valence-corrected chi connectivity index (χ0v) is 11.2. The lowest BCUT2D eigenvalue weighted by Crippen LogP contribution is -2.09. The van der Waals surface area contributed by atoms with Crippen LogP contribution in [0.15, 0.2) is 12.2 Å². The van der Waals surface area contributed by atoms with Gasteiger partial charge in [0.15, 0.2) is 0 Å². The zero-order valence-electron chi connectivity index (χ0n) is 11.2. The third-order valence-corrected chi connectivity index (χ3v) is 1.47. The Labute approximate surface area is 108 Å². The van der Waals surface area contributed by atoms with Gasteiger partial charge in [0, 0.05) is 5.57 Å². The summed E-state index contributed by atoms with van der Waals surface area (Å²) in [6, 6.07) is 0. The van der Waals surface area contributed by atoms with Crippen LogP contribution in [0.25, 0.3) is 0 Å². The lowest BCUT2D eigenvalue weighted by molar-refractivity contribution is -0.138. The maximum absolute atomic E-state index is 10.4. The van der Waals surface area contributed by atoms with Crippen LogP contribution in [0.2, 0.25) is 0 Å². The van der Waals surface area contributed by atoms with Gasteiger partial charge in [-0.1, -0.05) is 6.58 Å². The molecule has 0 aliphatic carbocycles. The first-order valence-electron chi connectivity index (χ1n) is 5.79. The van der Waals surface area contributed by atoms with Crippen molar-refractivity contribution >= 4 is 5.97 Å². The quantitative estimate of drug-likeness (QED) is 0.350. The highest BCUT2D eigenvalue weighted by molar-refractivity contribution is 5.86. The molecule has 0 bridgehead atoms. The van der Waals surface area contributed by atoms with Gasteiger partial charge >= 0.3 is 5.97 Å². The summed E-state index contributed by atoms with van der Waals surface area (Å²) >= 11 is 0. The number of ether oxygens (including phenoxy) is 3. The van der Waals surface area contributed by atoms with Crippen LogP contribution in [0.5, 0.6) is 0 Å². The first-order chi connectivity index (χ1) is 8.59. The summed E-state index contributed by atoms with van der Waals surface area (Å²) in [6.45, 7) is 8.94. The Hall–Kier alpha value is -0.950. The molecule has 0 aliphatic rings. The Bertz CT molecular complexity index is 197. The Morgan fingerprint density at radius 2 is 1.50 bits per heavy atom. The van der Waals surface area contributed by atoms with E-state index in [1.807, 2.05) is 0 Å². The van der Waals surface area contributed by atoms with Crippen LogP contribution in [0.3, 0.4) is 0 Å². The molecule has 0 aromatic heterocycles. The second-order valence-electron chi connectivity index (χ2n) is 3.17. The second-order valence-corrected chi connectivity index (χ2v) is 3.17. The van der Waals surface area contributed by atoms with E-state index in [9.17, 15) is 4.79 Å². The molecule has 0 radical (unpaired) electrons. The zero-order chi connectivity index (χ0) is 14.2. The van der Waals surface area contributed by atoms with E-state index in [1.54, 1.807) is 13.8 Å². The minimum atomic E-state index is -0.312. The monoisotopic (exact) mass is 264 g/mol. The van der Waals surface area contributed by atoms with Gasteiger partial charge in [-0.25, -0.2) is 4.79 Å². The standard InChI is InChI=1S/C6H14O4.C6H10O2/c7-1-3-9-5-6-10-4-2-8;1-4-8-6(7)5(2)3/h7-8H,1-6H2;2,4H2,1,3H3. The van der Waals surface area contributed by atoms with Crippen molar-refractivity contribution in [2.45, 2.75) is 13.8 Å². The lowest BCUT2D eigenvalue weighted by Gasteiger charge is -2.01. The fraction of sp³-hybridized carbons (Fsp3) is 0.750. The maximum atomic E-state index is 10.4. The summed E-state index contributed by atoms with van der Waals surface area (Å²) in [5.74, 6) is -0.312. The predicted octanol–water partition coefficient (Wildman–Crippen LogP) is 0.130. The third kappa shape index (κ3) is 17.4. The van der Waals surface area contributed by atoms with Gasteiger partial charge in [0.25, 0.3) is 0 Å². The molecule has 0 atom stereocenters. The number of hydrogen-bond acceptors (Lipinski definition) is 6. The molecule has 6 heteroatoms. The van der Waals surface area contributed by atoms with Crippen LogP contribution in [0.1, 0.15) is 13.8 Å². The van der Waals surface area contributed by atoms with Crippen molar-refractivity contribution in [3.05, 3.63) is 12.2 Å². The highest BCUT2D eigenvalue weighted by atomic mass is 16.5. The van der Waals surface area contributed by atoms with Gasteiger partial charge in [-0.15, -0.1) is 0 Å². The van der Waals surface area contributed by atoms with E-state index < -0.39 is 0 Å². The van der Waals surface area contributed by atoms with Crippen molar-refractivity contribution in [3.63, 3.8) is 0 Å². The highest BCUT2D eigenvalue weighted by Gasteiger charge is 1.98. The van der Waals surface area contributed by atoms with Crippen LogP contribution < -0.4 is 0 Å². The van der Waals surface area contributed by atoms with Crippen LogP contribution in [-0.2, 0) is 19.0 Å². The summed E-state index contributed by atoms with van der Waals surface area (Å²) in [5.41, 5.74) is 0.451. The van der Waals surface area contributed by atoms with E-state index in [4.69, 9.17) is 19.7 Å². The molecule has 0 spiro atoms. The fourth-order valence-electron chi connectivity index (χ4n) is 0.705. The molecule has 0 saturated carbocycles. The number of aliphatic hydroxyl groups is 2. The average molecular weight is 264 g/mol. The van der Waals surface area contributed by atoms with Gasteiger partial charge in [0.1, 0.15) is 0 Å². The lowest BCUT2D eigenvalue weighted by atomic mass is 10.4. The van der Waals surface area contributed by atoms with Gasteiger partial charge in [0.2, 0.25) is 0 Å². The predicted molar refractivity (Wildman–Crippen MR) is 67.3 cm³/mol. The topological polar surface area (TPSA) is 85.2 Å². The summed E-state index contributed by atoms with van der Waals surface area (Å²) in [7, 11) is 0. The molecule has 0 saturated heterocycles. The first kappa shape index (κ1) is 19.4. The molecule has 18 heavy (non-hydrogen) atoms. The van der Waals surface area contributed by atoms with E-state index in [1.165, 1.54) is 0 Å². The van der Waals surface area contributed by atoms with E-state index in [-0.39, 0.29) is 19.2 Å². The van der Waals surface area contributed by atoms with Crippen molar-refractivity contribution in [1.82, 2.24) is 0 Å². The molecule has 6 nitrogen and oxygen atoms in total. The van der Waals surface area contributed by atoms with Gasteiger partial charge in [0.05, 0.1) is 46.2 Å². The van der Waals surface area contributed by atoms with Gasteiger partial charge in [-0.05, 0) is 13.8 Å². The Kier molecular flexibility index (Phi) is 17.3. The molecule has 0 aromatic rings. The smallest absolute Gasteiger partial charge is 0.333 e. The molecule has 0 amide bonds. The molecule has 2 N–H and O–H groups in total. The Balaban J connectivity index is 0. The van der Waals surface area contributed by atoms with Crippen molar-refractivity contribution in [2.75, 3.05) is 46.2 Å². The molecular weight excluding hydrogens is 240 g/mol. The minimum Gasteiger partial charge on any atom is -0.463 e. The van der Waals surface area contributed by atoms with Crippen LogP contribution in [0.4, 0.5) is 0 Å². The molecule has 0 unspecified atom stereocenters. The number of carbonyl (C=O) groups excluding carboxylic acids is 1. The van der Waals surface area contributed by atoms with E-state index in [0.717, 1.165) is 0 Å². The number of esters is 1. The number of hydrogen-bond donors (Lipinski definition) is 2. The largest absolute Gasteiger partial charge is 0.463 e. The maximum Gasteiger partial charge on any atom is 0.333 e. The number of aliphatic hydroxyl groups excluding tert-OH is 2. The molecule has 0 aromatic carbocycles. The summed E-state index contributed by atoms with van der Waals surface area (Å²) < 4.78 is 14.3. The first-order valence-corrected chi connectivity index (χ1v) is 5.79. The third-order valence-electron chi connectivity index (χ3n) is 1.47. The number of carbonyl (C=O) groups is 1. The van der Waals surface area contributed by atoms with Crippen molar-refractivity contribution in [2.24, 2.45) is 0 Å². The number of rotatable bonds is 9. The summed E-state index contributed by atoms with van der Waals surface area (Å²) in [4.78, 5) is 10.4. The average Bonchev–Trinajstić information content (AvgIpc) is 2.35.